The minimum atomic E-state index is -0.842. The van der Waals surface area contributed by atoms with Crippen molar-refractivity contribution in [3.05, 3.63) is 28.8 Å². The van der Waals surface area contributed by atoms with Gasteiger partial charge < -0.3 is 10.1 Å². The molecule has 1 saturated heterocycles. The number of likely N-dealkylation sites (tertiary alicyclic amines) is 1. The van der Waals surface area contributed by atoms with Gasteiger partial charge in [-0.3, -0.25) is 24.1 Å². The van der Waals surface area contributed by atoms with Crippen molar-refractivity contribution in [3.8, 4) is 0 Å². The Morgan fingerprint density at radius 2 is 1.73 bits per heavy atom. The number of nitrogens with one attached hydrogen (secondary N) is 1. The summed E-state index contributed by atoms with van der Waals surface area (Å²) >= 11 is 18.6. The van der Waals surface area contributed by atoms with Crippen LogP contribution >= 0.6 is 34.8 Å². The highest BCUT2D eigenvalue weighted by atomic mass is 35.5. The summed E-state index contributed by atoms with van der Waals surface area (Å²) in [5, 5.41) is 2.33. The first-order valence-corrected chi connectivity index (χ1v) is 10.8. The molecule has 0 radical (unpaired) electrons. The number of aryl methyl sites for hydroxylation is 1. The maximum atomic E-state index is 12.7. The van der Waals surface area contributed by atoms with Crippen molar-refractivity contribution >= 4 is 64.2 Å². The van der Waals surface area contributed by atoms with Gasteiger partial charge in [0, 0.05) is 10.7 Å². The van der Waals surface area contributed by atoms with Gasteiger partial charge in [0.05, 0.1) is 22.6 Å². The van der Waals surface area contributed by atoms with E-state index in [0.717, 1.165) is 10.5 Å². The van der Waals surface area contributed by atoms with Gasteiger partial charge in [0.15, 0.2) is 6.61 Å². The molecule has 1 heterocycles. The molecular formula is C20H19Cl3N2O5. The summed E-state index contributed by atoms with van der Waals surface area (Å²) in [7, 11) is 0. The molecule has 2 bridgehead atoms. The number of nitrogens with zero attached hydrogens (tertiary/aromatic N) is 1. The van der Waals surface area contributed by atoms with Crippen LogP contribution < -0.4 is 5.32 Å². The maximum Gasteiger partial charge on any atom is 0.326 e. The fraction of sp³-hybridized carbons (Fsp3) is 0.500. The van der Waals surface area contributed by atoms with Crippen molar-refractivity contribution in [1.29, 1.82) is 0 Å². The summed E-state index contributed by atoms with van der Waals surface area (Å²) in [5.74, 6) is -3.60. The molecule has 2 saturated carbocycles. The Balaban J connectivity index is 1.31. The van der Waals surface area contributed by atoms with Crippen LogP contribution in [-0.2, 0) is 23.9 Å². The second-order valence-corrected chi connectivity index (χ2v) is 9.35. The van der Waals surface area contributed by atoms with E-state index in [9.17, 15) is 19.2 Å². The second kappa shape index (κ2) is 8.02. The van der Waals surface area contributed by atoms with Gasteiger partial charge in [0.1, 0.15) is 6.54 Å². The van der Waals surface area contributed by atoms with Crippen molar-refractivity contribution in [2.75, 3.05) is 18.5 Å². The van der Waals surface area contributed by atoms with Crippen LogP contribution in [0, 0.1) is 30.6 Å². The third-order valence-corrected chi connectivity index (χ3v) is 7.91. The number of carbonyl (C=O) groups excluding carboxylic acids is 4. The molecule has 6 atom stereocenters. The van der Waals surface area contributed by atoms with E-state index < -0.39 is 48.7 Å². The normalized spacial score (nSPS) is 31.8. The first kappa shape index (κ1) is 21.4. The maximum absolute atomic E-state index is 12.7. The van der Waals surface area contributed by atoms with Crippen LogP contribution in [0.25, 0.3) is 0 Å². The Bertz CT molecular complexity index is 907. The summed E-state index contributed by atoms with van der Waals surface area (Å²) in [6.45, 7) is 0.747. The van der Waals surface area contributed by atoms with Crippen LogP contribution in [0.2, 0.25) is 5.02 Å². The molecule has 0 aromatic heterocycles. The highest BCUT2D eigenvalue weighted by Gasteiger charge is 2.66. The van der Waals surface area contributed by atoms with Gasteiger partial charge in [-0.15, -0.1) is 23.2 Å². The summed E-state index contributed by atoms with van der Waals surface area (Å²) in [5.41, 5.74) is 1.33. The van der Waals surface area contributed by atoms with E-state index in [4.69, 9.17) is 39.5 Å². The van der Waals surface area contributed by atoms with Gasteiger partial charge in [-0.1, -0.05) is 17.7 Å². The topological polar surface area (TPSA) is 92.8 Å². The lowest BCUT2D eigenvalue weighted by Gasteiger charge is -2.28. The number of hydrogen-bond acceptors (Lipinski definition) is 5. The number of anilines is 1. The van der Waals surface area contributed by atoms with E-state index >= 15 is 0 Å². The van der Waals surface area contributed by atoms with Crippen LogP contribution in [-0.4, -0.2) is 52.5 Å². The number of hydrogen-bond donors (Lipinski definition) is 1. The summed E-state index contributed by atoms with van der Waals surface area (Å²) in [6, 6.07) is 5.00. The zero-order chi connectivity index (χ0) is 21.7. The molecule has 3 amide bonds. The van der Waals surface area contributed by atoms with Gasteiger partial charge in [-0.25, -0.2) is 0 Å². The first-order valence-electron chi connectivity index (χ1n) is 9.54. The lowest BCUT2D eigenvalue weighted by molar-refractivity contribution is -0.154. The molecule has 1 N–H and O–H groups in total. The Morgan fingerprint density at radius 1 is 1.13 bits per heavy atom. The molecule has 0 spiro atoms. The molecule has 3 fully saturated rings. The monoisotopic (exact) mass is 472 g/mol. The molecule has 3 aliphatic rings. The van der Waals surface area contributed by atoms with E-state index in [1.54, 1.807) is 18.2 Å². The number of imide groups is 1. The molecule has 1 aromatic carbocycles. The van der Waals surface area contributed by atoms with Crippen molar-refractivity contribution in [3.63, 3.8) is 0 Å². The zero-order valence-corrected chi connectivity index (χ0v) is 18.2. The summed E-state index contributed by atoms with van der Waals surface area (Å²) in [4.78, 5) is 50.5. The molecule has 2 aliphatic carbocycles. The van der Waals surface area contributed by atoms with E-state index in [0.29, 0.717) is 17.1 Å². The molecule has 10 heteroatoms. The minimum Gasteiger partial charge on any atom is -0.454 e. The smallest absolute Gasteiger partial charge is 0.326 e. The van der Waals surface area contributed by atoms with Crippen molar-refractivity contribution in [1.82, 2.24) is 4.90 Å². The fourth-order valence-corrected chi connectivity index (χ4v) is 5.83. The van der Waals surface area contributed by atoms with Crippen LogP contribution in [0.5, 0.6) is 0 Å². The minimum absolute atomic E-state index is 0.159. The Morgan fingerprint density at radius 3 is 2.30 bits per heavy atom. The average Bonchev–Trinajstić information content (AvgIpc) is 3.30. The third kappa shape index (κ3) is 3.57. The number of rotatable bonds is 5. The van der Waals surface area contributed by atoms with E-state index in [1.165, 1.54) is 0 Å². The predicted molar refractivity (Wildman–Crippen MR) is 110 cm³/mol. The van der Waals surface area contributed by atoms with Crippen molar-refractivity contribution in [2.45, 2.75) is 24.1 Å². The lowest BCUT2D eigenvalue weighted by Crippen LogP contribution is -2.38. The number of esters is 1. The van der Waals surface area contributed by atoms with Crippen LogP contribution in [0.3, 0.4) is 0 Å². The summed E-state index contributed by atoms with van der Waals surface area (Å²) < 4.78 is 4.94. The van der Waals surface area contributed by atoms with Gasteiger partial charge in [-0.05, 0) is 42.9 Å². The molecule has 7 nitrogen and oxygen atoms in total. The zero-order valence-electron chi connectivity index (χ0n) is 15.9. The molecule has 4 rings (SSSR count). The Kier molecular flexibility index (Phi) is 5.72. The number of carbonyl (C=O) groups is 4. The molecule has 160 valence electrons. The lowest BCUT2D eigenvalue weighted by atomic mass is 9.80. The van der Waals surface area contributed by atoms with Gasteiger partial charge in [0.25, 0.3) is 5.91 Å². The largest absolute Gasteiger partial charge is 0.454 e. The van der Waals surface area contributed by atoms with Gasteiger partial charge in [-0.2, -0.15) is 0 Å². The van der Waals surface area contributed by atoms with E-state index in [2.05, 4.69) is 5.32 Å². The average molecular weight is 474 g/mol. The van der Waals surface area contributed by atoms with E-state index in [-0.39, 0.29) is 22.6 Å². The van der Waals surface area contributed by atoms with E-state index in [1.807, 2.05) is 6.92 Å². The first-order chi connectivity index (χ1) is 14.2. The Hall–Kier alpha value is -1.83. The summed E-state index contributed by atoms with van der Waals surface area (Å²) in [6.07, 6.45) is 0.649. The van der Waals surface area contributed by atoms with Gasteiger partial charge in [0.2, 0.25) is 11.8 Å². The molecule has 1 aliphatic heterocycles. The van der Waals surface area contributed by atoms with Crippen molar-refractivity contribution in [2.24, 2.45) is 23.7 Å². The van der Waals surface area contributed by atoms with Crippen molar-refractivity contribution < 1.29 is 23.9 Å². The quantitative estimate of drug-likeness (QED) is 0.403. The van der Waals surface area contributed by atoms with Gasteiger partial charge >= 0.3 is 5.97 Å². The number of alkyl halides is 2. The third-order valence-electron chi connectivity index (χ3n) is 6.19. The predicted octanol–water partition coefficient (Wildman–Crippen LogP) is 2.60. The highest BCUT2D eigenvalue weighted by Crippen LogP contribution is 2.59. The fourth-order valence-electron chi connectivity index (χ4n) is 4.75. The van der Waals surface area contributed by atoms with Crippen LogP contribution in [0.4, 0.5) is 5.69 Å². The van der Waals surface area contributed by atoms with Crippen LogP contribution in [0.15, 0.2) is 18.2 Å². The number of fused-ring (bicyclic) bond motifs is 5. The standard InChI is InChI=1S/C20H19Cl3N2O5/c1-8-2-3-9(4-12(8)21)24-13(26)7-30-14(27)6-25-19(28)15-10-5-11(16(15)20(25)29)18(23)17(10)22/h2-4,10-11,15-18H,5-7H2,1H3,(H,24,26)/t10-,11-,15-,16+,17+,18+/m1/s1. The molecule has 30 heavy (non-hydrogen) atoms. The number of halogens is 3. The number of amides is 3. The van der Waals surface area contributed by atoms with Crippen LogP contribution in [0.1, 0.15) is 12.0 Å². The number of ether oxygens (including phenoxy) is 1. The number of benzene rings is 1. The second-order valence-electron chi connectivity index (χ2n) is 7.94. The Labute approximate surface area is 188 Å². The molecule has 1 aromatic rings. The molecular weight excluding hydrogens is 455 g/mol. The SMILES string of the molecule is Cc1ccc(NC(=O)COC(=O)CN2C(=O)[C@@H]3[C@H]4C[C@@H]([C@H](Cl)[C@H]4Cl)[C@@H]3C2=O)cc1Cl. The molecule has 0 unspecified atom stereocenters. The highest BCUT2D eigenvalue weighted by molar-refractivity contribution is 6.32.